The molecule has 1 aromatic heterocycles. The summed E-state index contributed by atoms with van der Waals surface area (Å²) >= 11 is 0. The Morgan fingerprint density at radius 2 is 1.73 bits per heavy atom. The van der Waals surface area contributed by atoms with E-state index >= 15 is 0 Å². The van der Waals surface area contributed by atoms with E-state index < -0.39 is 0 Å². The summed E-state index contributed by atoms with van der Waals surface area (Å²) in [6, 6.07) is 20.9. The molecule has 0 atom stereocenters. The van der Waals surface area contributed by atoms with Gasteiger partial charge >= 0.3 is 0 Å². The number of morpholine rings is 1. The molecule has 1 aliphatic rings. The number of aromatic nitrogens is 1. The van der Waals surface area contributed by atoms with Crippen molar-refractivity contribution in [3.8, 4) is 0 Å². The van der Waals surface area contributed by atoms with E-state index in [9.17, 15) is 4.79 Å². The van der Waals surface area contributed by atoms with Gasteiger partial charge in [0.05, 0.1) is 13.2 Å². The number of carbonyl (C=O) groups is 1. The maximum Gasteiger partial charge on any atom is 0.246 e. The van der Waals surface area contributed by atoms with E-state index in [-0.39, 0.29) is 5.91 Å². The van der Waals surface area contributed by atoms with E-state index in [0.29, 0.717) is 26.3 Å². The third-order valence-corrected chi connectivity index (χ3v) is 4.75. The van der Waals surface area contributed by atoms with Crippen LogP contribution in [0.4, 0.5) is 0 Å². The first kappa shape index (κ1) is 16.6. The van der Waals surface area contributed by atoms with Gasteiger partial charge in [-0.25, -0.2) is 0 Å². The lowest BCUT2D eigenvalue weighted by atomic mass is 10.2. The molecule has 4 rings (SSSR count). The van der Waals surface area contributed by atoms with Crippen molar-refractivity contribution in [2.45, 2.75) is 6.54 Å². The van der Waals surface area contributed by atoms with Crippen molar-refractivity contribution in [1.29, 1.82) is 0 Å². The Balaban J connectivity index is 1.64. The molecule has 0 aliphatic carbocycles. The summed E-state index contributed by atoms with van der Waals surface area (Å²) in [6.07, 6.45) is 3.61. The smallest absolute Gasteiger partial charge is 0.246 e. The molecule has 132 valence electrons. The second kappa shape index (κ2) is 7.58. The number of para-hydroxylation sites is 1. The molecular formula is C22H22N2O2. The van der Waals surface area contributed by atoms with Crippen LogP contribution in [0.3, 0.4) is 0 Å². The number of nitrogens with zero attached hydrogens (tertiary/aromatic N) is 2. The molecular weight excluding hydrogens is 324 g/mol. The van der Waals surface area contributed by atoms with Crippen molar-refractivity contribution < 1.29 is 9.53 Å². The summed E-state index contributed by atoms with van der Waals surface area (Å²) in [4.78, 5) is 14.3. The predicted molar refractivity (Wildman–Crippen MR) is 104 cm³/mol. The molecule has 0 N–H and O–H groups in total. The molecule has 2 aromatic carbocycles. The average molecular weight is 346 g/mol. The van der Waals surface area contributed by atoms with Crippen LogP contribution in [0.15, 0.2) is 66.7 Å². The Bertz CT molecular complexity index is 922. The fourth-order valence-corrected chi connectivity index (χ4v) is 3.36. The highest BCUT2D eigenvalue weighted by atomic mass is 16.5. The van der Waals surface area contributed by atoms with Gasteiger partial charge in [0.25, 0.3) is 0 Å². The number of fused-ring (bicyclic) bond motifs is 1. The number of carbonyl (C=O) groups excluding carboxylic acids is 1. The van der Waals surface area contributed by atoms with E-state index in [1.54, 1.807) is 6.08 Å². The molecule has 4 nitrogen and oxygen atoms in total. The van der Waals surface area contributed by atoms with Gasteiger partial charge in [-0.05, 0) is 23.8 Å². The normalized spacial score (nSPS) is 15.0. The molecule has 0 radical (unpaired) electrons. The average Bonchev–Trinajstić information content (AvgIpc) is 3.05. The first-order chi connectivity index (χ1) is 12.8. The van der Waals surface area contributed by atoms with Crippen molar-refractivity contribution in [3.63, 3.8) is 0 Å². The second-order valence-corrected chi connectivity index (χ2v) is 6.47. The minimum Gasteiger partial charge on any atom is -0.378 e. The van der Waals surface area contributed by atoms with Crippen LogP contribution >= 0.6 is 0 Å². The SMILES string of the molecule is O=C(/C=C/c1cc2ccccc2n1Cc1ccccc1)N1CCOCC1. The molecule has 2 heterocycles. The molecule has 0 spiro atoms. The maximum absolute atomic E-state index is 12.4. The van der Waals surface area contributed by atoms with Crippen LogP contribution in [0, 0.1) is 0 Å². The Morgan fingerprint density at radius 1 is 1.00 bits per heavy atom. The minimum atomic E-state index is 0.0461. The molecule has 4 heteroatoms. The minimum absolute atomic E-state index is 0.0461. The lowest BCUT2D eigenvalue weighted by Crippen LogP contribution is -2.39. The van der Waals surface area contributed by atoms with Gasteiger partial charge in [0.1, 0.15) is 0 Å². The van der Waals surface area contributed by atoms with Crippen LogP contribution in [0.5, 0.6) is 0 Å². The van der Waals surface area contributed by atoms with Crippen molar-refractivity contribution in [1.82, 2.24) is 9.47 Å². The van der Waals surface area contributed by atoms with E-state index in [0.717, 1.165) is 12.2 Å². The standard InChI is InChI=1S/C22H22N2O2/c25-22(23-12-14-26-15-13-23)11-10-20-16-19-8-4-5-9-21(19)24(20)17-18-6-2-1-3-7-18/h1-11,16H,12-15,17H2/b11-10+. The van der Waals surface area contributed by atoms with Crippen LogP contribution in [-0.2, 0) is 16.1 Å². The van der Waals surface area contributed by atoms with Crippen LogP contribution in [-0.4, -0.2) is 41.7 Å². The molecule has 1 saturated heterocycles. The second-order valence-electron chi connectivity index (χ2n) is 6.47. The predicted octanol–water partition coefficient (Wildman–Crippen LogP) is 3.56. The van der Waals surface area contributed by atoms with E-state index in [1.807, 2.05) is 23.1 Å². The van der Waals surface area contributed by atoms with Gasteiger partial charge < -0.3 is 14.2 Å². The van der Waals surface area contributed by atoms with Crippen molar-refractivity contribution in [2.24, 2.45) is 0 Å². The Kier molecular flexibility index (Phi) is 4.84. The number of ether oxygens (including phenoxy) is 1. The number of hydrogen-bond acceptors (Lipinski definition) is 2. The summed E-state index contributed by atoms with van der Waals surface area (Å²) in [5.41, 5.74) is 3.45. The highest BCUT2D eigenvalue weighted by Crippen LogP contribution is 2.22. The first-order valence-electron chi connectivity index (χ1n) is 8.98. The zero-order valence-electron chi connectivity index (χ0n) is 14.7. The van der Waals surface area contributed by atoms with Gasteiger partial charge in [-0.2, -0.15) is 0 Å². The molecule has 1 fully saturated rings. The lowest BCUT2D eigenvalue weighted by molar-refractivity contribution is -0.129. The van der Waals surface area contributed by atoms with Crippen molar-refractivity contribution in [2.75, 3.05) is 26.3 Å². The highest BCUT2D eigenvalue weighted by Gasteiger charge is 2.14. The highest BCUT2D eigenvalue weighted by molar-refractivity contribution is 5.93. The molecule has 0 saturated carbocycles. The molecule has 26 heavy (non-hydrogen) atoms. The van der Waals surface area contributed by atoms with Crippen LogP contribution < -0.4 is 0 Å². The lowest BCUT2D eigenvalue weighted by Gasteiger charge is -2.25. The van der Waals surface area contributed by atoms with E-state index in [4.69, 9.17) is 4.74 Å². The topological polar surface area (TPSA) is 34.5 Å². The number of amides is 1. The third kappa shape index (κ3) is 3.55. The Hall–Kier alpha value is -2.85. The van der Waals surface area contributed by atoms with Gasteiger partial charge in [0.2, 0.25) is 5.91 Å². The first-order valence-corrected chi connectivity index (χ1v) is 8.98. The van der Waals surface area contributed by atoms with Crippen molar-refractivity contribution >= 4 is 22.9 Å². The Labute approximate surface area is 153 Å². The largest absolute Gasteiger partial charge is 0.378 e. The molecule has 0 unspecified atom stereocenters. The quantitative estimate of drug-likeness (QED) is 0.677. The number of rotatable bonds is 4. The van der Waals surface area contributed by atoms with Gasteiger partial charge in [0, 0.05) is 42.3 Å². The number of benzene rings is 2. The summed E-state index contributed by atoms with van der Waals surface area (Å²) in [5, 5.41) is 1.18. The van der Waals surface area contributed by atoms with Gasteiger partial charge in [-0.1, -0.05) is 48.5 Å². The van der Waals surface area contributed by atoms with Crippen LogP contribution in [0.1, 0.15) is 11.3 Å². The van der Waals surface area contributed by atoms with Crippen molar-refractivity contribution in [3.05, 3.63) is 78.0 Å². The fraction of sp³-hybridized carbons (Fsp3) is 0.227. The molecule has 0 bridgehead atoms. The van der Waals surface area contributed by atoms with Crippen LogP contribution in [0.2, 0.25) is 0 Å². The number of hydrogen-bond donors (Lipinski definition) is 0. The van der Waals surface area contributed by atoms with Gasteiger partial charge in [-0.3, -0.25) is 4.79 Å². The van der Waals surface area contributed by atoms with Gasteiger partial charge in [-0.15, -0.1) is 0 Å². The fourth-order valence-electron chi connectivity index (χ4n) is 3.36. The summed E-state index contributed by atoms with van der Waals surface area (Å²) in [7, 11) is 0. The molecule has 1 amide bonds. The third-order valence-electron chi connectivity index (χ3n) is 4.75. The van der Waals surface area contributed by atoms with Crippen LogP contribution in [0.25, 0.3) is 17.0 Å². The Morgan fingerprint density at radius 3 is 2.54 bits per heavy atom. The summed E-state index contributed by atoms with van der Waals surface area (Å²) in [6.45, 7) is 3.34. The van der Waals surface area contributed by atoms with E-state index in [1.165, 1.54) is 16.5 Å². The summed E-state index contributed by atoms with van der Waals surface area (Å²) < 4.78 is 7.57. The van der Waals surface area contributed by atoms with Gasteiger partial charge in [0.15, 0.2) is 0 Å². The molecule has 3 aromatic rings. The zero-order chi connectivity index (χ0) is 17.8. The maximum atomic E-state index is 12.4. The molecule has 1 aliphatic heterocycles. The van der Waals surface area contributed by atoms with E-state index in [2.05, 4.69) is 53.1 Å². The zero-order valence-corrected chi connectivity index (χ0v) is 14.7. The summed E-state index contributed by atoms with van der Waals surface area (Å²) in [5.74, 6) is 0.0461. The monoisotopic (exact) mass is 346 g/mol.